The molecule has 4 nitrogen and oxygen atoms in total. The van der Waals surface area contributed by atoms with E-state index in [1.54, 1.807) is 0 Å². The molecule has 140 valence electrons. The van der Waals surface area contributed by atoms with Gasteiger partial charge in [-0.1, -0.05) is 24.3 Å². The number of aromatic carboxylic acids is 1. The molecule has 2 N–H and O–H groups in total. The van der Waals surface area contributed by atoms with Crippen LogP contribution in [-0.4, -0.2) is 22.7 Å². The first-order valence-electron chi connectivity index (χ1n) is 9.31. The van der Waals surface area contributed by atoms with Gasteiger partial charge in [0, 0.05) is 0 Å². The first kappa shape index (κ1) is 16.9. The second kappa shape index (κ2) is 5.64. The summed E-state index contributed by atoms with van der Waals surface area (Å²) in [7, 11) is 0. The van der Waals surface area contributed by atoms with Crippen LogP contribution in [0.4, 0.5) is 9.39 Å². The van der Waals surface area contributed by atoms with E-state index in [9.17, 15) is 19.1 Å². The molecule has 1 heterocycles. The van der Waals surface area contributed by atoms with Gasteiger partial charge >= 0.3 is 5.97 Å². The largest absolute Gasteiger partial charge is 0.478 e. The summed E-state index contributed by atoms with van der Waals surface area (Å²) >= 11 is 1.27. The van der Waals surface area contributed by atoms with Crippen LogP contribution in [0.2, 0.25) is 0 Å². The van der Waals surface area contributed by atoms with Crippen molar-refractivity contribution in [1.29, 1.82) is 0 Å². The van der Waals surface area contributed by atoms with Crippen LogP contribution in [0.1, 0.15) is 58.6 Å². The van der Waals surface area contributed by atoms with Gasteiger partial charge in [0.15, 0.2) is 0 Å². The molecule has 1 amide bonds. The predicted molar refractivity (Wildman–Crippen MR) is 101 cm³/mol. The zero-order valence-electron chi connectivity index (χ0n) is 14.8. The van der Waals surface area contributed by atoms with E-state index in [4.69, 9.17) is 0 Å². The number of carbonyl (C=O) groups excluding carboxylic acids is 1. The van der Waals surface area contributed by atoms with E-state index in [0.717, 1.165) is 24.8 Å². The second-order valence-electron chi connectivity index (χ2n) is 8.32. The number of carboxylic acid groups (broad SMARTS) is 1. The Balaban J connectivity index is 1.40. The third kappa shape index (κ3) is 2.53. The average Bonchev–Trinajstić information content (AvgIpc) is 3.01. The quantitative estimate of drug-likeness (QED) is 0.811. The molecule has 0 spiro atoms. The van der Waals surface area contributed by atoms with Crippen LogP contribution in [0.3, 0.4) is 0 Å². The van der Waals surface area contributed by atoms with Gasteiger partial charge in [0.2, 0.25) is 5.91 Å². The molecule has 4 aliphatic carbocycles. The second-order valence-corrected chi connectivity index (χ2v) is 9.20. The van der Waals surface area contributed by atoms with Crippen LogP contribution < -0.4 is 5.32 Å². The van der Waals surface area contributed by atoms with Gasteiger partial charge in [0.05, 0.1) is 11.0 Å². The summed E-state index contributed by atoms with van der Waals surface area (Å²) in [5, 5.41) is 14.9. The number of benzene rings is 1. The fraction of sp³-hybridized carbons (Fsp3) is 0.429. The van der Waals surface area contributed by atoms with Crippen molar-refractivity contribution in [3.63, 3.8) is 0 Å². The number of fused-ring (bicyclic) bond motifs is 1. The topological polar surface area (TPSA) is 66.4 Å². The number of hydrogen-bond donors (Lipinski definition) is 2. The van der Waals surface area contributed by atoms with Gasteiger partial charge in [0.25, 0.3) is 0 Å². The SMILES string of the molecule is O=C(O)c1c(C2CCc3ccccc3C2)csc1NC(=O)C12CC(F)(C1)C2. The standard InChI is InChI=1S/C21H20FNO3S/c22-21-9-20(10-21,11-21)19(26)23-17-16(18(24)25)15(8-27-17)14-6-5-12-3-1-2-4-13(12)7-14/h1-4,8,14H,5-7,9-11H2,(H,23,26)(H,24,25). The molecule has 1 aromatic carbocycles. The normalized spacial score (nSPS) is 30.6. The predicted octanol–water partition coefficient (Wildman–Crippen LogP) is 4.55. The number of carbonyl (C=O) groups is 2. The zero-order valence-corrected chi connectivity index (χ0v) is 15.6. The first-order chi connectivity index (χ1) is 12.9. The van der Waals surface area contributed by atoms with Gasteiger partial charge < -0.3 is 10.4 Å². The Bertz CT molecular complexity index is 946. The lowest BCUT2D eigenvalue weighted by Gasteiger charge is -2.64. The van der Waals surface area contributed by atoms with Crippen molar-refractivity contribution in [3.05, 3.63) is 51.9 Å². The van der Waals surface area contributed by atoms with Crippen molar-refractivity contribution < 1.29 is 19.1 Å². The van der Waals surface area contributed by atoms with Crippen LogP contribution in [0.15, 0.2) is 29.6 Å². The highest BCUT2D eigenvalue weighted by Gasteiger charge is 2.72. The molecule has 4 aliphatic rings. The summed E-state index contributed by atoms with van der Waals surface area (Å²) in [5.74, 6) is -1.11. The lowest BCUT2D eigenvalue weighted by molar-refractivity contribution is -0.209. The van der Waals surface area contributed by atoms with Crippen molar-refractivity contribution >= 4 is 28.2 Å². The molecule has 27 heavy (non-hydrogen) atoms. The van der Waals surface area contributed by atoms with Gasteiger partial charge in [0.1, 0.15) is 10.7 Å². The fourth-order valence-corrected chi connectivity index (χ4v) is 6.12. The van der Waals surface area contributed by atoms with Gasteiger partial charge in [-0.3, -0.25) is 4.79 Å². The minimum atomic E-state index is -1.15. The molecule has 6 rings (SSSR count). The summed E-state index contributed by atoms with van der Waals surface area (Å²) in [6, 6.07) is 8.28. The molecule has 6 heteroatoms. The number of nitrogens with one attached hydrogen (secondary N) is 1. The minimum Gasteiger partial charge on any atom is -0.478 e. The highest BCUT2D eigenvalue weighted by Crippen LogP contribution is 2.69. The minimum absolute atomic E-state index is 0.136. The Hall–Kier alpha value is -2.21. The molecule has 2 bridgehead atoms. The maximum Gasteiger partial charge on any atom is 0.339 e. The summed E-state index contributed by atoms with van der Waals surface area (Å²) < 4.78 is 13.7. The Morgan fingerprint density at radius 1 is 1.19 bits per heavy atom. The molecule has 3 fully saturated rings. The van der Waals surface area contributed by atoms with Gasteiger partial charge in [-0.15, -0.1) is 11.3 Å². The lowest BCUT2D eigenvalue weighted by Crippen LogP contribution is -2.68. The van der Waals surface area contributed by atoms with E-state index in [0.29, 0.717) is 5.00 Å². The fourth-order valence-electron chi connectivity index (χ4n) is 5.09. The molecular weight excluding hydrogens is 365 g/mol. The molecule has 1 atom stereocenters. The van der Waals surface area contributed by atoms with Gasteiger partial charge in [-0.05, 0) is 66.5 Å². The summed E-state index contributed by atoms with van der Waals surface area (Å²) in [4.78, 5) is 24.5. The van der Waals surface area contributed by atoms with Crippen molar-refractivity contribution in [2.45, 2.75) is 50.1 Å². The van der Waals surface area contributed by atoms with Crippen LogP contribution >= 0.6 is 11.3 Å². The highest BCUT2D eigenvalue weighted by atomic mass is 32.1. The smallest absolute Gasteiger partial charge is 0.339 e. The molecule has 3 saturated carbocycles. The van der Waals surface area contributed by atoms with Gasteiger partial charge in [-0.2, -0.15) is 0 Å². The van der Waals surface area contributed by atoms with Crippen LogP contribution in [0.25, 0.3) is 0 Å². The van der Waals surface area contributed by atoms with E-state index in [2.05, 4.69) is 17.4 Å². The number of rotatable bonds is 4. The number of aryl methyl sites for hydroxylation is 1. The Morgan fingerprint density at radius 2 is 1.89 bits per heavy atom. The summed E-state index contributed by atoms with van der Waals surface area (Å²) in [6.07, 6.45) is 3.45. The maximum absolute atomic E-state index is 13.7. The van der Waals surface area contributed by atoms with E-state index >= 15 is 0 Å². The molecule has 2 aromatic rings. The van der Waals surface area contributed by atoms with Crippen molar-refractivity contribution in [3.8, 4) is 0 Å². The number of hydrogen-bond acceptors (Lipinski definition) is 3. The Morgan fingerprint density at radius 3 is 2.56 bits per heavy atom. The van der Waals surface area contributed by atoms with Crippen molar-refractivity contribution in [1.82, 2.24) is 0 Å². The summed E-state index contributed by atoms with van der Waals surface area (Å²) in [5.41, 5.74) is 1.85. The van der Waals surface area contributed by atoms with Crippen LogP contribution in [0, 0.1) is 5.41 Å². The van der Waals surface area contributed by atoms with E-state index in [1.165, 1.54) is 22.5 Å². The van der Waals surface area contributed by atoms with E-state index in [-0.39, 0.29) is 36.7 Å². The summed E-state index contributed by atoms with van der Waals surface area (Å²) in [6.45, 7) is 0. The number of carboxylic acids is 1. The van der Waals surface area contributed by atoms with Crippen molar-refractivity contribution in [2.24, 2.45) is 5.41 Å². The highest BCUT2D eigenvalue weighted by molar-refractivity contribution is 7.15. The van der Waals surface area contributed by atoms with Crippen LogP contribution in [-0.2, 0) is 17.6 Å². The Labute approximate surface area is 160 Å². The average molecular weight is 385 g/mol. The zero-order chi connectivity index (χ0) is 18.8. The molecule has 1 unspecified atom stereocenters. The van der Waals surface area contributed by atoms with Gasteiger partial charge in [-0.25, -0.2) is 9.18 Å². The van der Waals surface area contributed by atoms with Crippen LogP contribution in [0.5, 0.6) is 0 Å². The van der Waals surface area contributed by atoms with E-state index < -0.39 is 17.1 Å². The number of alkyl halides is 1. The third-order valence-corrected chi connectivity index (χ3v) is 7.41. The lowest BCUT2D eigenvalue weighted by atomic mass is 9.42. The molecule has 1 aromatic heterocycles. The molecule has 0 aliphatic heterocycles. The number of anilines is 1. The third-order valence-electron chi connectivity index (χ3n) is 6.49. The number of thiophene rings is 1. The monoisotopic (exact) mass is 385 g/mol. The first-order valence-corrected chi connectivity index (χ1v) is 10.2. The van der Waals surface area contributed by atoms with Crippen molar-refractivity contribution in [2.75, 3.05) is 5.32 Å². The number of halogens is 1. The Kier molecular flexibility index (Phi) is 3.54. The van der Waals surface area contributed by atoms with E-state index in [1.807, 2.05) is 17.5 Å². The molecular formula is C21H20FNO3S. The number of amides is 1. The molecule has 0 saturated heterocycles. The molecule has 0 radical (unpaired) electrons. The maximum atomic E-state index is 13.7.